The summed E-state index contributed by atoms with van der Waals surface area (Å²) in [6.45, 7) is 3.21. The number of hydrogen-bond acceptors (Lipinski definition) is 2. The molecule has 1 heterocycles. The van der Waals surface area contributed by atoms with Gasteiger partial charge in [0.2, 0.25) is 0 Å². The lowest BCUT2D eigenvalue weighted by molar-refractivity contribution is 0.427. The van der Waals surface area contributed by atoms with Gasteiger partial charge < -0.3 is 5.32 Å². The first kappa shape index (κ1) is 11.5. The second kappa shape index (κ2) is 4.60. The summed E-state index contributed by atoms with van der Waals surface area (Å²) in [5.41, 5.74) is 1.25. The smallest absolute Gasteiger partial charge is 0.140 e. The van der Waals surface area contributed by atoms with Gasteiger partial charge in [-0.05, 0) is 77.9 Å². The van der Waals surface area contributed by atoms with Crippen LogP contribution in [0.1, 0.15) is 31.2 Å². The molecule has 17 heavy (non-hydrogen) atoms. The van der Waals surface area contributed by atoms with E-state index >= 15 is 0 Å². The summed E-state index contributed by atoms with van der Waals surface area (Å²) >= 11 is 3.61. The lowest BCUT2D eigenvalue weighted by Gasteiger charge is -2.17. The van der Waals surface area contributed by atoms with Crippen molar-refractivity contribution in [1.82, 2.24) is 4.98 Å². The van der Waals surface area contributed by atoms with Gasteiger partial charge in [-0.2, -0.15) is 0 Å². The van der Waals surface area contributed by atoms with Gasteiger partial charge in [-0.1, -0.05) is 0 Å². The van der Waals surface area contributed by atoms with Gasteiger partial charge in [-0.3, -0.25) is 0 Å². The number of pyridine rings is 1. The zero-order valence-corrected chi connectivity index (χ0v) is 11.8. The molecule has 1 N–H and O–H groups in total. The number of aryl methyl sites for hydroxylation is 1. The van der Waals surface area contributed by atoms with Crippen molar-refractivity contribution in [2.75, 3.05) is 11.9 Å². The van der Waals surface area contributed by atoms with E-state index in [1.165, 1.54) is 31.2 Å². The van der Waals surface area contributed by atoms with E-state index in [2.05, 4.69) is 33.2 Å². The molecule has 0 amide bonds. The average molecular weight is 295 g/mol. The van der Waals surface area contributed by atoms with E-state index in [0.29, 0.717) is 0 Å². The van der Waals surface area contributed by atoms with E-state index in [0.717, 1.165) is 34.6 Å². The lowest BCUT2D eigenvalue weighted by atomic mass is 9.98. The highest BCUT2D eigenvalue weighted by Crippen LogP contribution is 2.49. The third kappa shape index (κ3) is 2.65. The van der Waals surface area contributed by atoms with Crippen molar-refractivity contribution in [3.8, 4) is 0 Å². The van der Waals surface area contributed by atoms with E-state index in [1.807, 2.05) is 12.3 Å². The molecule has 0 saturated heterocycles. The molecular weight excluding hydrogens is 276 g/mol. The van der Waals surface area contributed by atoms with Crippen LogP contribution in [0.15, 0.2) is 16.7 Å². The van der Waals surface area contributed by atoms with Gasteiger partial charge in [0.25, 0.3) is 0 Å². The minimum Gasteiger partial charge on any atom is -0.369 e. The Morgan fingerprint density at radius 2 is 2.00 bits per heavy atom. The first-order valence-electron chi connectivity index (χ1n) is 6.60. The minimum atomic E-state index is 0.893. The number of hydrogen-bond donors (Lipinski definition) is 1. The third-order valence-corrected chi connectivity index (χ3v) is 5.04. The van der Waals surface area contributed by atoms with Crippen molar-refractivity contribution in [2.24, 2.45) is 17.8 Å². The largest absolute Gasteiger partial charge is 0.369 e. The topological polar surface area (TPSA) is 24.9 Å². The first-order valence-corrected chi connectivity index (χ1v) is 7.40. The number of nitrogens with one attached hydrogen (secondary N) is 1. The van der Waals surface area contributed by atoms with Crippen LogP contribution in [0.4, 0.5) is 5.82 Å². The zero-order chi connectivity index (χ0) is 11.8. The Morgan fingerprint density at radius 3 is 2.59 bits per heavy atom. The summed E-state index contributed by atoms with van der Waals surface area (Å²) < 4.78 is 1.12. The van der Waals surface area contributed by atoms with Crippen LogP contribution in [-0.4, -0.2) is 11.5 Å². The number of rotatable bonds is 5. The van der Waals surface area contributed by atoms with Gasteiger partial charge in [0.1, 0.15) is 5.82 Å². The molecule has 0 aromatic carbocycles. The first-order chi connectivity index (χ1) is 8.25. The van der Waals surface area contributed by atoms with Crippen LogP contribution >= 0.6 is 15.9 Å². The van der Waals surface area contributed by atoms with E-state index in [9.17, 15) is 0 Å². The summed E-state index contributed by atoms with van der Waals surface area (Å²) in [5.74, 6) is 3.90. The van der Waals surface area contributed by atoms with Crippen LogP contribution in [0.3, 0.4) is 0 Å². The zero-order valence-electron chi connectivity index (χ0n) is 10.2. The normalized spacial score (nSPS) is 19.7. The predicted molar refractivity (Wildman–Crippen MR) is 74.1 cm³/mol. The fourth-order valence-corrected chi connectivity index (χ4v) is 3.02. The third-order valence-electron chi connectivity index (χ3n) is 4.04. The predicted octanol–water partition coefficient (Wildman–Crippen LogP) is 4.00. The molecule has 0 unspecified atom stereocenters. The van der Waals surface area contributed by atoms with Crippen molar-refractivity contribution in [3.05, 3.63) is 22.3 Å². The van der Waals surface area contributed by atoms with Crippen LogP contribution in [0.2, 0.25) is 0 Å². The average Bonchev–Trinajstić information content (AvgIpc) is 3.14. The van der Waals surface area contributed by atoms with Gasteiger partial charge in [0, 0.05) is 12.7 Å². The fourth-order valence-electron chi connectivity index (χ4n) is 2.64. The molecule has 1 aromatic heterocycles. The minimum absolute atomic E-state index is 0.893. The number of halogens is 1. The SMILES string of the molecule is Cc1ccnc(NCC(C2CC2)C2CC2)c1Br. The summed E-state index contributed by atoms with van der Waals surface area (Å²) in [5, 5.41) is 3.54. The standard InChI is InChI=1S/C14H19BrN2/c1-9-6-7-16-14(13(9)15)17-8-12(10-2-3-10)11-4-5-11/h6-7,10-12H,2-5,8H2,1H3,(H,16,17). The van der Waals surface area contributed by atoms with Crippen molar-refractivity contribution >= 4 is 21.7 Å². The summed E-state index contributed by atoms with van der Waals surface area (Å²) in [4.78, 5) is 4.41. The molecule has 0 bridgehead atoms. The summed E-state index contributed by atoms with van der Waals surface area (Å²) in [6.07, 6.45) is 7.68. The van der Waals surface area contributed by atoms with Gasteiger partial charge >= 0.3 is 0 Å². The second-order valence-corrected chi connectivity index (χ2v) is 6.30. The summed E-state index contributed by atoms with van der Waals surface area (Å²) in [7, 11) is 0. The maximum absolute atomic E-state index is 4.41. The summed E-state index contributed by atoms with van der Waals surface area (Å²) in [6, 6.07) is 2.04. The maximum atomic E-state index is 4.41. The van der Waals surface area contributed by atoms with Crippen LogP contribution < -0.4 is 5.32 Å². The maximum Gasteiger partial charge on any atom is 0.140 e. The Hall–Kier alpha value is -0.570. The highest BCUT2D eigenvalue weighted by Gasteiger charge is 2.41. The molecule has 0 spiro atoms. The Morgan fingerprint density at radius 1 is 1.35 bits per heavy atom. The Labute approximate surface area is 111 Å². The monoisotopic (exact) mass is 294 g/mol. The van der Waals surface area contributed by atoms with Gasteiger partial charge in [0.05, 0.1) is 4.47 Å². The van der Waals surface area contributed by atoms with Crippen molar-refractivity contribution in [3.63, 3.8) is 0 Å². The van der Waals surface area contributed by atoms with E-state index in [1.54, 1.807) is 0 Å². The molecule has 2 fully saturated rings. The van der Waals surface area contributed by atoms with E-state index in [4.69, 9.17) is 0 Å². The van der Waals surface area contributed by atoms with Crippen LogP contribution in [0.25, 0.3) is 0 Å². The van der Waals surface area contributed by atoms with Crippen molar-refractivity contribution in [1.29, 1.82) is 0 Å². The van der Waals surface area contributed by atoms with Gasteiger partial charge in [0.15, 0.2) is 0 Å². The Bertz CT molecular complexity index is 399. The molecule has 2 aliphatic carbocycles. The molecule has 3 heteroatoms. The molecule has 2 nitrogen and oxygen atoms in total. The van der Waals surface area contributed by atoms with Crippen LogP contribution in [0, 0.1) is 24.7 Å². The van der Waals surface area contributed by atoms with Crippen LogP contribution in [0.5, 0.6) is 0 Å². The quantitative estimate of drug-likeness (QED) is 0.888. The van der Waals surface area contributed by atoms with Crippen molar-refractivity contribution < 1.29 is 0 Å². The molecule has 0 radical (unpaired) electrons. The highest BCUT2D eigenvalue weighted by molar-refractivity contribution is 9.10. The fraction of sp³-hybridized carbons (Fsp3) is 0.643. The lowest BCUT2D eigenvalue weighted by Crippen LogP contribution is -2.19. The highest BCUT2D eigenvalue weighted by atomic mass is 79.9. The molecule has 2 aliphatic rings. The molecule has 2 saturated carbocycles. The molecular formula is C14H19BrN2. The van der Waals surface area contributed by atoms with Gasteiger partial charge in [-0.15, -0.1) is 0 Å². The van der Waals surface area contributed by atoms with E-state index in [-0.39, 0.29) is 0 Å². The second-order valence-electron chi connectivity index (χ2n) is 5.51. The molecule has 1 aromatic rings. The number of aromatic nitrogens is 1. The van der Waals surface area contributed by atoms with Gasteiger partial charge in [-0.25, -0.2) is 4.98 Å². The number of nitrogens with zero attached hydrogens (tertiary/aromatic N) is 1. The Balaban J connectivity index is 1.64. The number of anilines is 1. The molecule has 0 aliphatic heterocycles. The molecule has 0 atom stereocenters. The Kier molecular flexibility index (Phi) is 3.12. The molecule has 3 rings (SSSR count). The van der Waals surface area contributed by atoms with Crippen molar-refractivity contribution in [2.45, 2.75) is 32.6 Å². The van der Waals surface area contributed by atoms with Crippen LogP contribution in [-0.2, 0) is 0 Å². The molecule has 92 valence electrons. The van der Waals surface area contributed by atoms with E-state index < -0.39 is 0 Å².